The molecule has 28 heavy (non-hydrogen) atoms. The second kappa shape index (κ2) is 8.72. The number of hydrogen-bond donors (Lipinski definition) is 1. The first-order chi connectivity index (χ1) is 13.0. The third-order valence-electron chi connectivity index (χ3n) is 3.63. The average molecular weight is 407 g/mol. The van der Waals surface area contributed by atoms with Crippen molar-refractivity contribution in [3.63, 3.8) is 0 Å². The molecule has 1 N–H and O–H groups in total. The van der Waals surface area contributed by atoms with E-state index in [-0.39, 0.29) is 18.0 Å². The number of aliphatic hydroxyl groups excluding tert-OH is 1. The quantitative estimate of drug-likeness (QED) is 0.736. The van der Waals surface area contributed by atoms with Crippen LogP contribution in [0.4, 0.5) is 4.79 Å². The number of hydrogen-bond acceptors (Lipinski definition) is 6. The van der Waals surface area contributed by atoms with Crippen molar-refractivity contribution in [3.8, 4) is 0 Å². The summed E-state index contributed by atoms with van der Waals surface area (Å²) in [5.41, 5.74) is 1.38. The van der Waals surface area contributed by atoms with Gasteiger partial charge in [0.15, 0.2) is 0 Å². The average Bonchev–Trinajstić information content (AvgIpc) is 2.60. The molecule has 7 nitrogen and oxygen atoms in total. The fourth-order valence-corrected chi connectivity index (χ4v) is 3.12. The lowest BCUT2D eigenvalue weighted by atomic mass is 10.1. The maximum absolute atomic E-state index is 12.6. The van der Waals surface area contributed by atoms with Crippen LogP contribution in [0.3, 0.4) is 0 Å². The minimum atomic E-state index is -4.22. The van der Waals surface area contributed by atoms with Gasteiger partial charge in [-0.2, -0.15) is 13.5 Å². The molecule has 8 heteroatoms. The molecular weight excluding hydrogens is 382 g/mol. The van der Waals surface area contributed by atoms with Gasteiger partial charge in [-0.25, -0.2) is 4.79 Å². The van der Waals surface area contributed by atoms with E-state index >= 15 is 0 Å². The van der Waals surface area contributed by atoms with Gasteiger partial charge in [-0.3, -0.25) is 0 Å². The fourth-order valence-electron chi connectivity index (χ4n) is 2.22. The van der Waals surface area contributed by atoms with Crippen molar-refractivity contribution in [3.05, 3.63) is 65.2 Å². The van der Waals surface area contributed by atoms with Crippen LogP contribution in [0, 0.1) is 6.92 Å². The van der Waals surface area contributed by atoms with E-state index in [4.69, 9.17) is 14.1 Å². The highest BCUT2D eigenvalue weighted by atomic mass is 32.2. The van der Waals surface area contributed by atoms with Crippen molar-refractivity contribution in [1.82, 2.24) is 5.06 Å². The van der Waals surface area contributed by atoms with Crippen LogP contribution in [0.5, 0.6) is 0 Å². The SMILES string of the molecule is Cc1ccc(S(=O)(=O)ON(Cc2ccc(CO)cc2)C(=O)OC(C)(C)C)cc1. The third-order valence-corrected chi connectivity index (χ3v) is 4.85. The highest BCUT2D eigenvalue weighted by Crippen LogP contribution is 2.19. The Morgan fingerprint density at radius 1 is 1.00 bits per heavy atom. The smallest absolute Gasteiger partial charge is 0.435 e. The van der Waals surface area contributed by atoms with E-state index in [2.05, 4.69) is 0 Å². The van der Waals surface area contributed by atoms with Crippen molar-refractivity contribution < 1.29 is 27.3 Å². The van der Waals surface area contributed by atoms with E-state index in [1.165, 1.54) is 12.1 Å². The third kappa shape index (κ3) is 6.33. The number of carbonyl (C=O) groups excluding carboxylic acids is 1. The van der Waals surface area contributed by atoms with Gasteiger partial charge in [-0.05, 0) is 51.0 Å². The molecule has 0 aliphatic rings. The van der Waals surface area contributed by atoms with Crippen LogP contribution in [0.1, 0.15) is 37.5 Å². The monoisotopic (exact) mass is 407 g/mol. The van der Waals surface area contributed by atoms with Gasteiger partial charge in [-0.1, -0.05) is 42.0 Å². The van der Waals surface area contributed by atoms with Crippen molar-refractivity contribution in [2.45, 2.75) is 51.3 Å². The minimum absolute atomic E-state index is 0.0673. The summed E-state index contributed by atoms with van der Waals surface area (Å²) in [6, 6.07) is 12.8. The predicted octanol–water partition coefficient (Wildman–Crippen LogP) is 3.54. The van der Waals surface area contributed by atoms with E-state index in [1.807, 2.05) is 6.92 Å². The van der Waals surface area contributed by atoms with Gasteiger partial charge >= 0.3 is 16.2 Å². The lowest BCUT2D eigenvalue weighted by Crippen LogP contribution is -2.38. The van der Waals surface area contributed by atoms with Gasteiger partial charge < -0.3 is 9.84 Å². The van der Waals surface area contributed by atoms with Gasteiger partial charge in [-0.15, -0.1) is 4.28 Å². The molecule has 0 atom stereocenters. The van der Waals surface area contributed by atoms with Gasteiger partial charge in [0.1, 0.15) is 5.60 Å². The molecule has 2 rings (SSSR count). The Labute approximate surface area is 165 Å². The molecular formula is C20H25NO6S. The van der Waals surface area contributed by atoms with E-state index < -0.39 is 21.8 Å². The zero-order valence-electron chi connectivity index (χ0n) is 16.4. The van der Waals surface area contributed by atoms with Crippen LogP contribution >= 0.6 is 0 Å². The van der Waals surface area contributed by atoms with Gasteiger partial charge in [0.25, 0.3) is 0 Å². The van der Waals surface area contributed by atoms with E-state index in [9.17, 15) is 13.2 Å². The lowest BCUT2D eigenvalue weighted by Gasteiger charge is -2.26. The number of aryl methyl sites for hydroxylation is 1. The molecule has 0 heterocycles. The van der Waals surface area contributed by atoms with E-state index in [0.29, 0.717) is 16.2 Å². The number of amides is 1. The highest BCUT2D eigenvalue weighted by Gasteiger charge is 2.29. The molecule has 2 aromatic rings. The van der Waals surface area contributed by atoms with Crippen molar-refractivity contribution >= 4 is 16.2 Å². The maximum Gasteiger partial charge on any atom is 0.435 e. The summed E-state index contributed by atoms with van der Waals surface area (Å²) in [4.78, 5) is 12.5. The first kappa shape index (κ1) is 21.9. The number of ether oxygens (including phenoxy) is 1. The van der Waals surface area contributed by atoms with E-state index in [0.717, 1.165) is 5.56 Å². The topological polar surface area (TPSA) is 93.1 Å². The Morgan fingerprint density at radius 3 is 2.04 bits per heavy atom. The number of nitrogens with zero attached hydrogens (tertiary/aromatic N) is 1. The molecule has 0 fully saturated rings. The summed E-state index contributed by atoms with van der Waals surface area (Å²) in [6.45, 7) is 6.59. The molecule has 0 spiro atoms. The van der Waals surface area contributed by atoms with Crippen molar-refractivity contribution in [1.29, 1.82) is 0 Å². The predicted molar refractivity (Wildman–Crippen MR) is 104 cm³/mol. The summed E-state index contributed by atoms with van der Waals surface area (Å²) in [5.74, 6) is 0. The van der Waals surface area contributed by atoms with Crippen LogP contribution in [-0.4, -0.2) is 30.3 Å². The number of carbonyl (C=O) groups is 1. The highest BCUT2D eigenvalue weighted by molar-refractivity contribution is 7.86. The summed E-state index contributed by atoms with van der Waals surface area (Å²) < 4.78 is 35.6. The van der Waals surface area contributed by atoms with Crippen LogP contribution in [-0.2, 0) is 32.3 Å². The minimum Gasteiger partial charge on any atom is -0.442 e. The number of benzene rings is 2. The fraction of sp³-hybridized carbons (Fsp3) is 0.350. The largest absolute Gasteiger partial charge is 0.442 e. The standard InChI is InChI=1S/C20H25NO6S/c1-15-5-11-18(12-6-15)28(24,25)27-21(19(23)26-20(2,3)4)13-16-7-9-17(14-22)10-8-16/h5-12,22H,13-14H2,1-4H3. The summed E-state index contributed by atoms with van der Waals surface area (Å²) >= 11 is 0. The Morgan fingerprint density at radius 2 is 1.54 bits per heavy atom. The first-order valence-corrected chi connectivity index (χ1v) is 10.1. The molecule has 0 saturated carbocycles. The Kier molecular flexibility index (Phi) is 6.82. The molecule has 2 aromatic carbocycles. The van der Waals surface area contributed by atoms with E-state index in [1.54, 1.807) is 57.2 Å². The van der Waals surface area contributed by atoms with Crippen LogP contribution in [0.25, 0.3) is 0 Å². The second-order valence-electron chi connectivity index (χ2n) is 7.33. The van der Waals surface area contributed by atoms with Crippen LogP contribution in [0.2, 0.25) is 0 Å². The maximum atomic E-state index is 12.6. The normalized spacial score (nSPS) is 11.9. The zero-order valence-corrected chi connectivity index (χ0v) is 17.2. The van der Waals surface area contributed by atoms with Gasteiger partial charge in [0.2, 0.25) is 0 Å². The zero-order chi connectivity index (χ0) is 20.9. The molecule has 1 amide bonds. The van der Waals surface area contributed by atoms with Gasteiger partial charge in [0.05, 0.1) is 18.0 Å². The van der Waals surface area contributed by atoms with Crippen molar-refractivity contribution in [2.24, 2.45) is 0 Å². The van der Waals surface area contributed by atoms with Crippen LogP contribution < -0.4 is 0 Å². The van der Waals surface area contributed by atoms with Crippen molar-refractivity contribution in [2.75, 3.05) is 0 Å². The molecule has 0 unspecified atom stereocenters. The molecule has 0 radical (unpaired) electrons. The molecule has 152 valence electrons. The Bertz CT molecular complexity index is 899. The van der Waals surface area contributed by atoms with Gasteiger partial charge in [0, 0.05) is 0 Å². The summed E-state index contributed by atoms with van der Waals surface area (Å²) in [6.07, 6.45) is -0.922. The molecule has 0 bridgehead atoms. The molecule has 0 aliphatic heterocycles. The lowest BCUT2D eigenvalue weighted by molar-refractivity contribution is -0.0739. The molecule has 0 aromatic heterocycles. The Balaban J connectivity index is 2.28. The Hall–Kier alpha value is -2.42. The van der Waals surface area contributed by atoms with Crippen LogP contribution in [0.15, 0.2) is 53.4 Å². The number of hydroxylamine groups is 2. The summed E-state index contributed by atoms with van der Waals surface area (Å²) in [5, 5.41) is 9.81. The molecule has 0 aliphatic carbocycles. The number of aliphatic hydroxyl groups is 1. The first-order valence-electron chi connectivity index (χ1n) is 8.70. The number of rotatable bonds is 6. The summed E-state index contributed by atoms with van der Waals surface area (Å²) in [7, 11) is -4.22. The second-order valence-corrected chi connectivity index (χ2v) is 8.86. The molecule has 0 saturated heterocycles.